The highest BCUT2D eigenvalue weighted by atomic mass is 35.5. The fourth-order valence-electron chi connectivity index (χ4n) is 3.66. The smallest absolute Gasteiger partial charge is 0.343 e. The van der Waals surface area contributed by atoms with Crippen molar-refractivity contribution < 1.29 is 18.0 Å². The van der Waals surface area contributed by atoms with E-state index in [2.05, 4.69) is 20.8 Å². The first-order valence-corrected chi connectivity index (χ1v) is 12.4. The van der Waals surface area contributed by atoms with E-state index in [1.54, 1.807) is 19.1 Å². The molecule has 2 atom stereocenters. The van der Waals surface area contributed by atoms with Gasteiger partial charge in [0.2, 0.25) is 5.91 Å². The van der Waals surface area contributed by atoms with E-state index in [1.165, 1.54) is 18.6 Å². The first kappa shape index (κ1) is 30.8. The van der Waals surface area contributed by atoms with Crippen LogP contribution >= 0.6 is 23.2 Å². The van der Waals surface area contributed by atoms with Gasteiger partial charge in [-0.1, -0.05) is 56.5 Å². The van der Waals surface area contributed by atoms with Gasteiger partial charge in [-0.15, -0.1) is 0 Å². The Morgan fingerprint density at radius 3 is 2.26 bits per heavy atom. The molecule has 1 aliphatic heterocycles. The summed E-state index contributed by atoms with van der Waals surface area (Å²) in [5.41, 5.74) is 1.25. The molecular weight excluding hydrogens is 496 g/mol. The molecule has 0 radical (unpaired) electrons. The first-order chi connectivity index (χ1) is 16.4. The van der Waals surface area contributed by atoms with Crippen molar-refractivity contribution >= 4 is 29.1 Å². The molecule has 0 N–H and O–H groups in total. The number of carbonyl (C=O) groups excluding carboxylic acids is 1. The molecule has 0 bridgehead atoms. The van der Waals surface area contributed by atoms with Crippen molar-refractivity contribution in [3.05, 3.63) is 68.7 Å². The number of hydrogen-bond donors (Lipinski definition) is 0. The lowest BCUT2D eigenvalue weighted by Gasteiger charge is -2.17. The molecule has 35 heavy (non-hydrogen) atoms. The molecule has 2 unspecified atom stereocenters. The van der Waals surface area contributed by atoms with E-state index >= 15 is 0 Å². The van der Waals surface area contributed by atoms with Crippen LogP contribution in [0.4, 0.5) is 13.2 Å². The molecule has 0 spiro atoms. The second-order valence-corrected chi connectivity index (χ2v) is 9.37. The predicted octanol–water partition coefficient (Wildman–Crippen LogP) is 8.34. The summed E-state index contributed by atoms with van der Waals surface area (Å²) >= 11 is 11.3. The number of carbonyl (C=O) groups is 1. The summed E-state index contributed by atoms with van der Waals surface area (Å²) in [7, 11) is 0. The van der Waals surface area contributed by atoms with Gasteiger partial charge < -0.3 is 4.90 Å². The molecule has 0 aliphatic carbocycles. The topological polar surface area (TPSA) is 44.1 Å². The standard InChI is InChI=1S/C10H19NO.C9H8ClF3.C8H6ClN/c1-4-8(3)9-6-10(12)11(5-2)7-9;1-2-6-5-7(10)3-4-8(6)9(11,12)13;1-6-2-3-7(5-10)8(9)4-6/h8-9H,4-7H2,1-3H3;3-5H,2H2,1H3;2-4H,1H3. The van der Waals surface area contributed by atoms with Crippen molar-refractivity contribution in [2.24, 2.45) is 11.8 Å². The quantitative estimate of drug-likeness (QED) is 0.400. The lowest BCUT2D eigenvalue weighted by atomic mass is 9.91. The Kier molecular flexibility index (Phi) is 12.6. The van der Waals surface area contributed by atoms with Gasteiger partial charge in [-0.3, -0.25) is 4.79 Å². The van der Waals surface area contributed by atoms with E-state index in [9.17, 15) is 18.0 Å². The van der Waals surface area contributed by atoms with Crippen LogP contribution in [0, 0.1) is 30.1 Å². The zero-order valence-corrected chi connectivity index (χ0v) is 22.4. The van der Waals surface area contributed by atoms with Gasteiger partial charge in [0.05, 0.1) is 16.1 Å². The highest BCUT2D eigenvalue weighted by molar-refractivity contribution is 6.31. The van der Waals surface area contributed by atoms with Gasteiger partial charge in [0, 0.05) is 24.5 Å². The van der Waals surface area contributed by atoms with Gasteiger partial charge in [0.15, 0.2) is 0 Å². The zero-order chi connectivity index (χ0) is 26.8. The van der Waals surface area contributed by atoms with Crippen LogP contribution in [0.3, 0.4) is 0 Å². The Morgan fingerprint density at radius 1 is 1.14 bits per heavy atom. The number of halogens is 5. The van der Waals surface area contributed by atoms with Gasteiger partial charge in [-0.2, -0.15) is 18.4 Å². The van der Waals surface area contributed by atoms with Crippen molar-refractivity contribution in [2.75, 3.05) is 13.1 Å². The molecule has 2 aromatic carbocycles. The Bertz CT molecular complexity index is 1020. The minimum Gasteiger partial charge on any atom is -0.343 e. The number of amides is 1. The lowest BCUT2D eigenvalue weighted by Crippen LogP contribution is -2.25. The fraction of sp³-hybridized carbons (Fsp3) is 0.481. The molecule has 3 nitrogen and oxygen atoms in total. The van der Waals surface area contributed by atoms with Gasteiger partial charge in [0.25, 0.3) is 0 Å². The molecule has 1 aliphatic rings. The lowest BCUT2D eigenvalue weighted by molar-refractivity contribution is -0.138. The largest absolute Gasteiger partial charge is 0.416 e. The molecular formula is C27H33Cl2F3N2O. The number of nitrogens with zero attached hydrogens (tertiary/aromatic N) is 2. The van der Waals surface area contributed by atoms with Crippen molar-refractivity contribution in [3.8, 4) is 6.07 Å². The van der Waals surface area contributed by atoms with E-state index in [4.69, 9.17) is 28.5 Å². The third-order valence-corrected chi connectivity index (χ3v) is 6.62. The zero-order valence-electron chi connectivity index (χ0n) is 20.8. The van der Waals surface area contributed by atoms with E-state index in [0.717, 1.165) is 31.1 Å². The third kappa shape index (κ3) is 9.74. The average Bonchev–Trinajstić information content (AvgIpc) is 3.19. The van der Waals surface area contributed by atoms with Crippen LogP contribution in [0.5, 0.6) is 0 Å². The first-order valence-electron chi connectivity index (χ1n) is 11.7. The summed E-state index contributed by atoms with van der Waals surface area (Å²) in [5, 5.41) is 9.34. The molecule has 0 aromatic heterocycles. The maximum absolute atomic E-state index is 12.3. The van der Waals surface area contributed by atoms with E-state index < -0.39 is 11.7 Å². The van der Waals surface area contributed by atoms with E-state index in [1.807, 2.05) is 24.0 Å². The summed E-state index contributed by atoms with van der Waals surface area (Å²) < 4.78 is 37.0. The molecule has 8 heteroatoms. The van der Waals surface area contributed by atoms with Crippen molar-refractivity contribution in [3.63, 3.8) is 0 Å². The minimum absolute atomic E-state index is 0.236. The van der Waals surface area contributed by atoms with Crippen molar-refractivity contribution in [1.29, 1.82) is 5.26 Å². The molecule has 1 heterocycles. The monoisotopic (exact) mass is 528 g/mol. The summed E-state index contributed by atoms with van der Waals surface area (Å²) in [5.74, 6) is 1.66. The Balaban J connectivity index is 0.000000265. The number of aryl methyl sites for hydroxylation is 2. The second-order valence-electron chi connectivity index (χ2n) is 8.53. The average molecular weight is 529 g/mol. The molecule has 192 valence electrons. The Morgan fingerprint density at radius 2 is 1.80 bits per heavy atom. The fourth-order valence-corrected chi connectivity index (χ4v) is 4.14. The number of benzene rings is 2. The SMILES string of the molecule is CCC(C)C1CC(=O)N(CC)C1.CCc1cc(Cl)ccc1C(F)(F)F.Cc1ccc(C#N)c(Cl)c1. The molecule has 1 fully saturated rings. The van der Waals surface area contributed by atoms with Gasteiger partial charge >= 0.3 is 6.18 Å². The number of nitriles is 1. The predicted molar refractivity (Wildman–Crippen MR) is 137 cm³/mol. The van der Waals surface area contributed by atoms with Crippen molar-refractivity contribution in [1.82, 2.24) is 4.90 Å². The molecule has 2 aromatic rings. The number of likely N-dealkylation sites (tertiary alicyclic amines) is 1. The van der Waals surface area contributed by atoms with Crippen molar-refractivity contribution in [2.45, 2.75) is 60.1 Å². The Labute approximate surface area is 216 Å². The summed E-state index contributed by atoms with van der Waals surface area (Å²) in [6, 6.07) is 11.0. The van der Waals surface area contributed by atoms with Crippen LogP contribution < -0.4 is 0 Å². The van der Waals surface area contributed by atoms with Gasteiger partial charge in [-0.05, 0) is 73.6 Å². The molecule has 1 saturated heterocycles. The van der Waals surface area contributed by atoms with E-state index in [-0.39, 0.29) is 5.56 Å². The van der Waals surface area contributed by atoms with Gasteiger partial charge in [-0.25, -0.2) is 0 Å². The summed E-state index contributed by atoms with van der Waals surface area (Å²) in [6.07, 6.45) is -1.98. The third-order valence-electron chi connectivity index (χ3n) is 6.07. The van der Waals surface area contributed by atoms with Crippen LogP contribution in [-0.4, -0.2) is 23.9 Å². The summed E-state index contributed by atoms with van der Waals surface area (Å²) in [6.45, 7) is 12.0. The number of hydrogen-bond acceptors (Lipinski definition) is 2. The summed E-state index contributed by atoms with van der Waals surface area (Å²) in [4.78, 5) is 13.3. The highest BCUT2D eigenvalue weighted by Crippen LogP contribution is 2.33. The van der Waals surface area contributed by atoms with E-state index in [0.29, 0.717) is 39.8 Å². The number of rotatable bonds is 4. The van der Waals surface area contributed by atoms with Gasteiger partial charge in [0.1, 0.15) is 6.07 Å². The minimum atomic E-state index is -4.28. The van der Waals surface area contributed by atoms with Crippen LogP contribution in [0.2, 0.25) is 10.0 Å². The molecule has 1 amide bonds. The van der Waals surface area contributed by atoms with Crippen LogP contribution in [0.25, 0.3) is 0 Å². The maximum atomic E-state index is 12.3. The normalized spacial score (nSPS) is 16.0. The molecule has 0 saturated carbocycles. The Hall–Kier alpha value is -2.23. The van der Waals surface area contributed by atoms with Crippen LogP contribution in [-0.2, 0) is 17.4 Å². The number of alkyl halides is 3. The second kappa shape index (κ2) is 14.4. The highest BCUT2D eigenvalue weighted by Gasteiger charge is 2.32. The van der Waals surface area contributed by atoms with Crippen LogP contribution in [0.15, 0.2) is 36.4 Å². The maximum Gasteiger partial charge on any atom is 0.416 e. The molecule has 3 rings (SSSR count). The van der Waals surface area contributed by atoms with Crippen LogP contribution in [0.1, 0.15) is 62.8 Å².